The average Bonchev–Trinajstić information content (AvgIpc) is 3.16. The number of amides is 1. The first kappa shape index (κ1) is 18.4. The van der Waals surface area contributed by atoms with Gasteiger partial charge in [-0.3, -0.25) is 18.8 Å². The normalized spacial score (nSPS) is 14.9. The van der Waals surface area contributed by atoms with Crippen LogP contribution >= 0.6 is 0 Å². The molecule has 1 N–H and O–H groups in total. The van der Waals surface area contributed by atoms with Crippen molar-refractivity contribution in [1.29, 1.82) is 0 Å². The van der Waals surface area contributed by atoms with Crippen LogP contribution in [0.15, 0.2) is 41.5 Å². The largest absolute Gasteiger partial charge is 0.387 e. The molecular formula is C20H23N5O3. The molecule has 0 bridgehead atoms. The van der Waals surface area contributed by atoms with Crippen LogP contribution in [0.25, 0.3) is 10.9 Å². The molecule has 3 heterocycles. The van der Waals surface area contributed by atoms with E-state index in [9.17, 15) is 14.7 Å². The number of hydrogen-bond acceptors (Lipinski definition) is 5. The minimum atomic E-state index is -0.575. The van der Waals surface area contributed by atoms with Gasteiger partial charge in [-0.25, -0.2) is 4.98 Å². The van der Waals surface area contributed by atoms with E-state index >= 15 is 0 Å². The Balaban J connectivity index is 1.43. The number of aromatic nitrogens is 4. The second-order valence-electron chi connectivity index (χ2n) is 7.03. The Morgan fingerprint density at radius 2 is 2.11 bits per heavy atom. The molecular weight excluding hydrogens is 358 g/mol. The fraction of sp³-hybridized carbons (Fsp3) is 0.400. The second kappa shape index (κ2) is 7.55. The zero-order valence-electron chi connectivity index (χ0n) is 15.8. The molecule has 0 aliphatic carbocycles. The molecule has 1 aromatic carbocycles. The van der Waals surface area contributed by atoms with Gasteiger partial charge in [0, 0.05) is 19.5 Å². The molecule has 0 radical (unpaired) electrons. The van der Waals surface area contributed by atoms with E-state index in [1.165, 1.54) is 10.9 Å². The maximum absolute atomic E-state index is 12.7. The zero-order valence-corrected chi connectivity index (χ0v) is 15.8. The van der Waals surface area contributed by atoms with Crippen molar-refractivity contribution < 1.29 is 9.90 Å². The first-order valence-electron chi connectivity index (χ1n) is 9.53. The molecule has 8 heteroatoms. The van der Waals surface area contributed by atoms with E-state index in [0.29, 0.717) is 49.2 Å². The number of benzene rings is 1. The van der Waals surface area contributed by atoms with E-state index in [2.05, 4.69) is 10.1 Å². The lowest BCUT2D eigenvalue weighted by Gasteiger charge is -2.27. The first-order chi connectivity index (χ1) is 13.6. The lowest BCUT2D eigenvalue weighted by Crippen LogP contribution is -2.39. The van der Waals surface area contributed by atoms with Crippen molar-refractivity contribution in [3.05, 3.63) is 58.4 Å². The highest BCUT2D eigenvalue weighted by Crippen LogP contribution is 2.20. The van der Waals surface area contributed by atoms with Crippen LogP contribution < -0.4 is 5.56 Å². The summed E-state index contributed by atoms with van der Waals surface area (Å²) in [5.74, 6) is -0.00917. The highest BCUT2D eigenvalue weighted by Gasteiger charge is 2.23. The van der Waals surface area contributed by atoms with E-state index in [1.807, 2.05) is 29.8 Å². The van der Waals surface area contributed by atoms with Crippen LogP contribution in [0.2, 0.25) is 0 Å². The third-order valence-electron chi connectivity index (χ3n) is 5.20. The Morgan fingerprint density at radius 3 is 2.93 bits per heavy atom. The summed E-state index contributed by atoms with van der Waals surface area (Å²) < 4.78 is 3.35. The summed E-state index contributed by atoms with van der Waals surface area (Å²) in [6.45, 7) is 3.84. The predicted molar refractivity (Wildman–Crippen MR) is 104 cm³/mol. The van der Waals surface area contributed by atoms with Gasteiger partial charge in [0.2, 0.25) is 5.91 Å². The van der Waals surface area contributed by atoms with Gasteiger partial charge in [0.1, 0.15) is 0 Å². The van der Waals surface area contributed by atoms with E-state index in [-0.39, 0.29) is 17.9 Å². The summed E-state index contributed by atoms with van der Waals surface area (Å²) >= 11 is 0. The topological polar surface area (TPSA) is 93.2 Å². The number of carbonyl (C=O) groups is 1. The number of nitrogens with zero attached hydrogens (tertiary/aromatic N) is 5. The average molecular weight is 381 g/mol. The summed E-state index contributed by atoms with van der Waals surface area (Å²) in [6, 6.07) is 9.06. The highest BCUT2D eigenvalue weighted by atomic mass is 16.3. The van der Waals surface area contributed by atoms with Gasteiger partial charge in [0.15, 0.2) is 0 Å². The second-order valence-corrected chi connectivity index (χ2v) is 7.03. The molecule has 3 aromatic rings. The smallest absolute Gasteiger partial charge is 0.261 e. The summed E-state index contributed by atoms with van der Waals surface area (Å²) in [7, 11) is 0. The molecule has 0 saturated heterocycles. The molecule has 0 saturated carbocycles. The molecule has 0 spiro atoms. The minimum absolute atomic E-state index is 0.00917. The van der Waals surface area contributed by atoms with E-state index in [1.54, 1.807) is 17.0 Å². The van der Waals surface area contributed by atoms with Crippen LogP contribution in [0.4, 0.5) is 0 Å². The van der Waals surface area contributed by atoms with E-state index in [4.69, 9.17) is 0 Å². The molecule has 0 unspecified atom stereocenters. The maximum Gasteiger partial charge on any atom is 0.261 e. The number of para-hydroxylation sites is 1. The summed E-state index contributed by atoms with van der Waals surface area (Å²) in [5, 5.41) is 15.0. The minimum Gasteiger partial charge on any atom is -0.387 e. The molecule has 1 amide bonds. The van der Waals surface area contributed by atoms with Crippen molar-refractivity contribution in [3.63, 3.8) is 0 Å². The number of carbonyl (C=O) groups excluding carboxylic acids is 1. The van der Waals surface area contributed by atoms with Gasteiger partial charge in [0.05, 0.1) is 47.8 Å². The van der Waals surface area contributed by atoms with Crippen molar-refractivity contribution in [3.8, 4) is 0 Å². The van der Waals surface area contributed by atoms with Crippen LogP contribution in [-0.2, 0) is 24.4 Å². The van der Waals surface area contributed by atoms with Crippen LogP contribution in [0.3, 0.4) is 0 Å². The van der Waals surface area contributed by atoms with Gasteiger partial charge in [0.25, 0.3) is 5.56 Å². The molecule has 0 fully saturated rings. The molecule has 4 rings (SSSR count). The Labute approximate surface area is 162 Å². The quantitative estimate of drug-likeness (QED) is 0.722. The Morgan fingerprint density at radius 1 is 1.29 bits per heavy atom. The van der Waals surface area contributed by atoms with Crippen molar-refractivity contribution in [2.75, 3.05) is 6.54 Å². The van der Waals surface area contributed by atoms with Gasteiger partial charge in [-0.15, -0.1) is 0 Å². The van der Waals surface area contributed by atoms with Crippen molar-refractivity contribution >= 4 is 16.8 Å². The molecule has 8 nitrogen and oxygen atoms in total. The monoisotopic (exact) mass is 381 g/mol. The predicted octanol–water partition coefficient (Wildman–Crippen LogP) is 1.47. The maximum atomic E-state index is 12.7. The Hall–Kier alpha value is -3.00. The number of aliphatic hydroxyl groups excluding tert-OH is 1. The van der Waals surface area contributed by atoms with Crippen molar-refractivity contribution in [2.24, 2.45) is 0 Å². The van der Waals surface area contributed by atoms with Crippen molar-refractivity contribution in [2.45, 2.75) is 45.5 Å². The Bertz CT molecular complexity index is 1070. The molecule has 1 atom stereocenters. The van der Waals surface area contributed by atoms with E-state index in [0.717, 1.165) is 5.69 Å². The third kappa shape index (κ3) is 3.43. The molecule has 1 aliphatic heterocycles. The fourth-order valence-electron chi connectivity index (χ4n) is 3.51. The SMILES string of the molecule is CC[C@H](O)c1cc2n(n1)CCN(C(=O)CCn1cnc3ccccc3c1=O)C2. The van der Waals surface area contributed by atoms with Crippen LogP contribution in [0, 0.1) is 0 Å². The van der Waals surface area contributed by atoms with Gasteiger partial charge in [-0.1, -0.05) is 19.1 Å². The van der Waals surface area contributed by atoms with Crippen molar-refractivity contribution in [1.82, 2.24) is 24.2 Å². The highest BCUT2D eigenvalue weighted by molar-refractivity contribution is 5.77. The van der Waals surface area contributed by atoms with Gasteiger partial charge in [-0.2, -0.15) is 5.10 Å². The molecule has 2 aromatic heterocycles. The van der Waals surface area contributed by atoms with Gasteiger partial charge in [-0.05, 0) is 24.6 Å². The van der Waals surface area contributed by atoms with Crippen LogP contribution in [0.5, 0.6) is 0 Å². The summed E-state index contributed by atoms with van der Waals surface area (Å²) in [6.07, 6.45) is 1.77. The van der Waals surface area contributed by atoms with Crippen LogP contribution in [0.1, 0.15) is 37.3 Å². The number of aliphatic hydroxyl groups is 1. The standard InChI is InChI=1S/C20H23N5O3/c1-2-18(26)17-11-14-12-23(9-10-25(14)22-17)19(27)7-8-24-13-21-16-6-4-3-5-15(16)20(24)28/h3-6,11,13,18,26H,2,7-10,12H2,1H3/t18-/m0/s1. The molecule has 1 aliphatic rings. The number of fused-ring (bicyclic) bond motifs is 2. The fourth-order valence-corrected chi connectivity index (χ4v) is 3.51. The number of rotatable bonds is 5. The lowest BCUT2D eigenvalue weighted by molar-refractivity contribution is -0.133. The Kier molecular flexibility index (Phi) is 4.95. The van der Waals surface area contributed by atoms with Gasteiger partial charge >= 0.3 is 0 Å². The number of aryl methyl sites for hydroxylation is 1. The number of hydrogen-bond donors (Lipinski definition) is 1. The zero-order chi connectivity index (χ0) is 19.7. The lowest BCUT2D eigenvalue weighted by atomic mass is 10.2. The third-order valence-corrected chi connectivity index (χ3v) is 5.20. The van der Waals surface area contributed by atoms with Gasteiger partial charge < -0.3 is 10.0 Å². The summed E-state index contributed by atoms with van der Waals surface area (Å²) in [4.78, 5) is 31.3. The molecule has 146 valence electrons. The van der Waals surface area contributed by atoms with Crippen LogP contribution in [-0.4, -0.2) is 41.8 Å². The first-order valence-corrected chi connectivity index (χ1v) is 9.53. The molecule has 28 heavy (non-hydrogen) atoms. The summed E-state index contributed by atoms with van der Waals surface area (Å²) in [5.41, 5.74) is 2.10. The van der Waals surface area contributed by atoms with E-state index < -0.39 is 6.10 Å².